The predicted molar refractivity (Wildman–Crippen MR) is 23.0 cm³/mol. The van der Waals surface area contributed by atoms with E-state index in [0.717, 1.165) is 0 Å². The first-order chi connectivity index (χ1) is 4.19. The zero-order valence-corrected chi connectivity index (χ0v) is 5.00. The molecule has 10 heavy (non-hydrogen) atoms. The van der Waals surface area contributed by atoms with Crippen molar-refractivity contribution in [3.8, 4) is 0 Å². The number of halogens is 5. The van der Waals surface area contributed by atoms with E-state index in [2.05, 4.69) is 11.6 Å². The molecule has 60 valence electrons. The van der Waals surface area contributed by atoms with Gasteiger partial charge in [-0.15, -0.1) is 0 Å². The molecule has 0 saturated heterocycles. The van der Waals surface area contributed by atoms with Gasteiger partial charge in [0.2, 0.25) is 0 Å². The third-order valence-corrected chi connectivity index (χ3v) is 0.887. The number of carbonyl (C=O) groups excluding carboxylic acids is 1. The van der Waals surface area contributed by atoms with E-state index >= 15 is 0 Å². The van der Waals surface area contributed by atoms with Crippen molar-refractivity contribution in [1.29, 1.82) is 0 Å². The Morgan fingerprint density at radius 1 is 1.30 bits per heavy atom. The summed E-state index contributed by atoms with van der Waals surface area (Å²) < 4.78 is 45.1. The predicted octanol–water partition coefficient (Wildman–Crippen LogP) is 0.972. The number of rotatable bonds is 1. The summed E-state index contributed by atoms with van der Waals surface area (Å²) in [4.78, 5) is 9.53. The molecule has 0 saturated carbocycles. The standard InChI is InChI=1S/C3HClF4O2/c4-1(9)2(5,10)3(6,7)8/h10H. The second kappa shape index (κ2) is 2.35. The van der Waals surface area contributed by atoms with E-state index < -0.39 is 17.3 Å². The molecule has 0 bridgehead atoms. The van der Waals surface area contributed by atoms with Crippen LogP contribution < -0.4 is 0 Å². The van der Waals surface area contributed by atoms with Gasteiger partial charge in [0.15, 0.2) is 0 Å². The zero-order chi connectivity index (χ0) is 8.58. The summed E-state index contributed by atoms with van der Waals surface area (Å²) in [5.74, 6) is -4.94. The summed E-state index contributed by atoms with van der Waals surface area (Å²) in [6.45, 7) is 0. The average Bonchev–Trinajstić information content (AvgIpc) is 1.62. The molecule has 0 aromatic rings. The van der Waals surface area contributed by atoms with Crippen LogP contribution in [0.2, 0.25) is 0 Å². The van der Waals surface area contributed by atoms with Crippen molar-refractivity contribution in [2.75, 3.05) is 0 Å². The van der Waals surface area contributed by atoms with Crippen molar-refractivity contribution in [3.63, 3.8) is 0 Å². The number of alkyl halides is 4. The first-order valence-electron chi connectivity index (χ1n) is 1.87. The normalized spacial score (nSPS) is 18.2. The molecular weight excluding hydrogens is 179 g/mol. The molecule has 0 amide bonds. The minimum Gasteiger partial charge on any atom is -0.348 e. The van der Waals surface area contributed by atoms with E-state index in [0.29, 0.717) is 0 Å². The fraction of sp³-hybridized carbons (Fsp3) is 0.667. The Bertz CT molecular complexity index is 151. The summed E-state index contributed by atoms with van der Waals surface area (Å²) in [5, 5.41) is 5.16. The maximum Gasteiger partial charge on any atom is 0.457 e. The molecule has 0 aromatic carbocycles. The monoisotopic (exact) mass is 180 g/mol. The fourth-order valence-electron chi connectivity index (χ4n) is 0.111. The van der Waals surface area contributed by atoms with Crippen LogP contribution in [0.15, 0.2) is 0 Å². The minimum absolute atomic E-state index is 2.50. The highest BCUT2D eigenvalue weighted by Gasteiger charge is 2.60. The number of hydrogen-bond donors (Lipinski definition) is 1. The van der Waals surface area contributed by atoms with Crippen LogP contribution in [0, 0.1) is 0 Å². The van der Waals surface area contributed by atoms with Crippen molar-refractivity contribution < 1.29 is 27.5 Å². The Balaban J connectivity index is 4.57. The van der Waals surface area contributed by atoms with E-state index in [1.807, 2.05) is 0 Å². The molecule has 0 aliphatic rings. The fourth-order valence-corrected chi connectivity index (χ4v) is 0.219. The van der Waals surface area contributed by atoms with Crippen LogP contribution in [0.5, 0.6) is 0 Å². The summed E-state index contributed by atoms with van der Waals surface area (Å²) in [7, 11) is 0. The Morgan fingerprint density at radius 3 is 1.60 bits per heavy atom. The van der Waals surface area contributed by atoms with Crippen molar-refractivity contribution in [3.05, 3.63) is 0 Å². The van der Waals surface area contributed by atoms with Crippen LogP contribution in [0.4, 0.5) is 17.6 Å². The molecule has 7 heteroatoms. The van der Waals surface area contributed by atoms with Crippen molar-refractivity contribution in [2.45, 2.75) is 12.0 Å². The highest BCUT2D eigenvalue weighted by molar-refractivity contribution is 6.65. The second-order valence-electron chi connectivity index (χ2n) is 1.39. The molecule has 1 N–H and O–H groups in total. The van der Waals surface area contributed by atoms with Crippen molar-refractivity contribution >= 4 is 16.8 Å². The molecule has 0 aliphatic carbocycles. The van der Waals surface area contributed by atoms with Gasteiger partial charge < -0.3 is 5.11 Å². The van der Waals surface area contributed by atoms with Crippen LogP contribution in [-0.2, 0) is 4.79 Å². The quantitative estimate of drug-likeness (QED) is 0.482. The van der Waals surface area contributed by atoms with E-state index in [4.69, 9.17) is 5.11 Å². The third-order valence-electron chi connectivity index (χ3n) is 0.636. The molecule has 2 nitrogen and oxygen atoms in total. The number of carbonyl (C=O) groups is 1. The lowest BCUT2D eigenvalue weighted by Gasteiger charge is -2.16. The number of hydrogen-bond acceptors (Lipinski definition) is 2. The van der Waals surface area contributed by atoms with Gasteiger partial charge >= 0.3 is 12.0 Å². The van der Waals surface area contributed by atoms with Gasteiger partial charge in [-0.1, -0.05) is 0 Å². The smallest absolute Gasteiger partial charge is 0.348 e. The van der Waals surface area contributed by atoms with Crippen LogP contribution in [0.25, 0.3) is 0 Å². The maximum absolute atomic E-state index is 11.7. The Labute approximate surface area is 57.4 Å². The average molecular weight is 180 g/mol. The van der Waals surface area contributed by atoms with E-state index in [-0.39, 0.29) is 0 Å². The molecule has 1 atom stereocenters. The SMILES string of the molecule is O=C(Cl)C(O)(F)C(F)(F)F. The molecule has 1 unspecified atom stereocenters. The Hall–Kier alpha value is -0.360. The van der Waals surface area contributed by atoms with E-state index in [1.165, 1.54) is 0 Å². The molecule has 0 aliphatic heterocycles. The number of aliphatic hydroxyl groups is 1. The molecule has 0 fully saturated rings. The molecule has 0 spiro atoms. The van der Waals surface area contributed by atoms with Crippen LogP contribution in [0.3, 0.4) is 0 Å². The van der Waals surface area contributed by atoms with Gasteiger partial charge in [0.05, 0.1) is 0 Å². The van der Waals surface area contributed by atoms with E-state index in [1.54, 1.807) is 0 Å². The van der Waals surface area contributed by atoms with Crippen molar-refractivity contribution in [2.24, 2.45) is 0 Å². The topological polar surface area (TPSA) is 37.3 Å². The summed E-state index contributed by atoms with van der Waals surface area (Å²) >= 11 is 4.07. The van der Waals surface area contributed by atoms with Crippen LogP contribution >= 0.6 is 11.6 Å². The first kappa shape index (κ1) is 9.64. The van der Waals surface area contributed by atoms with Gasteiger partial charge in [0.25, 0.3) is 5.24 Å². The third kappa shape index (κ3) is 1.57. The molecular formula is C3HClF4O2. The van der Waals surface area contributed by atoms with Crippen LogP contribution in [-0.4, -0.2) is 22.4 Å². The highest BCUT2D eigenvalue weighted by atomic mass is 35.5. The molecule has 0 rings (SSSR count). The van der Waals surface area contributed by atoms with Gasteiger partial charge in [-0.3, -0.25) is 4.79 Å². The van der Waals surface area contributed by atoms with Crippen LogP contribution in [0.1, 0.15) is 0 Å². The minimum atomic E-state index is -5.67. The second-order valence-corrected chi connectivity index (χ2v) is 1.74. The largest absolute Gasteiger partial charge is 0.457 e. The maximum atomic E-state index is 11.7. The molecule has 0 heterocycles. The summed E-state index contributed by atoms with van der Waals surface area (Å²) in [5.41, 5.74) is 0. The Kier molecular flexibility index (Phi) is 2.27. The van der Waals surface area contributed by atoms with Gasteiger partial charge in [0.1, 0.15) is 0 Å². The van der Waals surface area contributed by atoms with Gasteiger partial charge in [-0.25, -0.2) is 0 Å². The zero-order valence-electron chi connectivity index (χ0n) is 4.25. The van der Waals surface area contributed by atoms with Gasteiger partial charge in [-0.2, -0.15) is 17.6 Å². The van der Waals surface area contributed by atoms with Gasteiger partial charge in [-0.05, 0) is 11.6 Å². The van der Waals surface area contributed by atoms with Gasteiger partial charge in [0, 0.05) is 0 Å². The lowest BCUT2D eigenvalue weighted by Crippen LogP contribution is -2.45. The first-order valence-corrected chi connectivity index (χ1v) is 2.25. The molecule has 0 aromatic heterocycles. The molecule has 0 radical (unpaired) electrons. The lowest BCUT2D eigenvalue weighted by atomic mass is 10.3. The highest BCUT2D eigenvalue weighted by Crippen LogP contribution is 2.33. The summed E-state index contributed by atoms with van der Waals surface area (Å²) in [6.07, 6.45) is -5.67. The summed E-state index contributed by atoms with van der Waals surface area (Å²) in [6, 6.07) is 0. The van der Waals surface area contributed by atoms with Crippen molar-refractivity contribution in [1.82, 2.24) is 0 Å². The Morgan fingerprint density at radius 2 is 1.60 bits per heavy atom. The van der Waals surface area contributed by atoms with E-state index in [9.17, 15) is 22.4 Å². The lowest BCUT2D eigenvalue weighted by molar-refractivity contribution is -0.293.